The van der Waals surface area contributed by atoms with Gasteiger partial charge in [-0.15, -0.1) is 0 Å². The van der Waals surface area contributed by atoms with E-state index in [9.17, 15) is 9.59 Å². The SMILES string of the molecule is CCC1(CC)CC(=O)N(C(C)CCO)C1=O. The van der Waals surface area contributed by atoms with Gasteiger partial charge in [0, 0.05) is 19.1 Å². The molecular weight excluding hydrogens is 206 g/mol. The lowest BCUT2D eigenvalue weighted by molar-refractivity contribution is -0.144. The van der Waals surface area contributed by atoms with E-state index in [0.29, 0.717) is 25.7 Å². The Morgan fingerprint density at radius 3 is 2.31 bits per heavy atom. The summed E-state index contributed by atoms with van der Waals surface area (Å²) in [5.74, 6) is -0.141. The lowest BCUT2D eigenvalue weighted by atomic mass is 9.81. The van der Waals surface area contributed by atoms with Crippen molar-refractivity contribution in [3.63, 3.8) is 0 Å². The van der Waals surface area contributed by atoms with E-state index >= 15 is 0 Å². The van der Waals surface area contributed by atoms with Crippen LogP contribution < -0.4 is 0 Å². The number of hydrogen-bond donors (Lipinski definition) is 1. The summed E-state index contributed by atoms with van der Waals surface area (Å²) in [5.41, 5.74) is -0.485. The van der Waals surface area contributed by atoms with Crippen LogP contribution >= 0.6 is 0 Å². The zero-order valence-corrected chi connectivity index (χ0v) is 10.3. The first-order valence-electron chi connectivity index (χ1n) is 5.99. The fourth-order valence-electron chi connectivity index (χ4n) is 2.38. The molecule has 0 radical (unpaired) electrons. The highest BCUT2D eigenvalue weighted by atomic mass is 16.3. The highest BCUT2D eigenvalue weighted by Crippen LogP contribution is 2.40. The zero-order chi connectivity index (χ0) is 12.3. The van der Waals surface area contributed by atoms with E-state index in [1.54, 1.807) is 0 Å². The van der Waals surface area contributed by atoms with Crippen molar-refractivity contribution in [1.29, 1.82) is 0 Å². The Kier molecular flexibility index (Phi) is 4.08. The number of likely N-dealkylation sites (tertiary alicyclic amines) is 1. The molecule has 0 aromatic rings. The molecule has 1 aliphatic heterocycles. The quantitative estimate of drug-likeness (QED) is 0.721. The van der Waals surface area contributed by atoms with Crippen molar-refractivity contribution in [3.8, 4) is 0 Å². The average molecular weight is 227 g/mol. The Hall–Kier alpha value is -0.900. The normalized spacial score (nSPS) is 21.6. The number of rotatable bonds is 5. The second-order valence-corrected chi connectivity index (χ2v) is 4.59. The third kappa shape index (κ3) is 1.98. The second kappa shape index (κ2) is 4.95. The maximum Gasteiger partial charge on any atom is 0.236 e. The maximum atomic E-state index is 12.2. The molecule has 0 aliphatic carbocycles. The summed E-state index contributed by atoms with van der Waals surface area (Å²) in [6.07, 6.45) is 2.20. The van der Waals surface area contributed by atoms with Gasteiger partial charge in [-0.2, -0.15) is 0 Å². The molecule has 92 valence electrons. The molecule has 16 heavy (non-hydrogen) atoms. The summed E-state index contributed by atoms with van der Waals surface area (Å²) in [7, 11) is 0. The first-order chi connectivity index (χ1) is 7.52. The van der Waals surface area contributed by atoms with Crippen molar-refractivity contribution < 1.29 is 14.7 Å². The first-order valence-corrected chi connectivity index (χ1v) is 5.99. The minimum absolute atomic E-state index is 0.00345. The molecule has 0 aromatic heterocycles. The van der Waals surface area contributed by atoms with E-state index in [1.165, 1.54) is 4.90 Å². The molecule has 2 amide bonds. The molecule has 1 N–H and O–H groups in total. The van der Waals surface area contributed by atoms with E-state index in [1.807, 2.05) is 20.8 Å². The average Bonchev–Trinajstić information content (AvgIpc) is 2.51. The van der Waals surface area contributed by atoms with Crippen LogP contribution in [0, 0.1) is 5.41 Å². The van der Waals surface area contributed by atoms with Crippen LogP contribution in [0.4, 0.5) is 0 Å². The van der Waals surface area contributed by atoms with E-state index in [0.717, 1.165) is 0 Å². The van der Waals surface area contributed by atoms with Crippen LogP contribution in [0.3, 0.4) is 0 Å². The van der Waals surface area contributed by atoms with Gasteiger partial charge in [0.25, 0.3) is 0 Å². The summed E-state index contributed by atoms with van der Waals surface area (Å²) in [6.45, 7) is 5.72. The molecule has 0 bridgehead atoms. The number of aliphatic hydroxyl groups excluding tert-OH is 1. The number of nitrogens with zero attached hydrogens (tertiary/aromatic N) is 1. The van der Waals surface area contributed by atoms with Crippen molar-refractivity contribution in [2.45, 2.75) is 52.5 Å². The van der Waals surface area contributed by atoms with Crippen molar-refractivity contribution in [3.05, 3.63) is 0 Å². The van der Waals surface area contributed by atoms with E-state index in [4.69, 9.17) is 5.11 Å². The predicted molar refractivity (Wildman–Crippen MR) is 60.6 cm³/mol. The minimum atomic E-state index is -0.485. The molecule has 4 nitrogen and oxygen atoms in total. The van der Waals surface area contributed by atoms with Gasteiger partial charge in [0.05, 0.1) is 5.41 Å². The predicted octanol–water partition coefficient (Wildman–Crippen LogP) is 1.32. The molecule has 1 heterocycles. The monoisotopic (exact) mass is 227 g/mol. The third-order valence-electron chi connectivity index (χ3n) is 3.77. The molecule has 1 fully saturated rings. The van der Waals surface area contributed by atoms with Gasteiger partial charge in [0.1, 0.15) is 0 Å². The zero-order valence-electron chi connectivity index (χ0n) is 10.3. The highest BCUT2D eigenvalue weighted by Gasteiger charge is 2.50. The number of amides is 2. The van der Waals surface area contributed by atoms with Gasteiger partial charge in [-0.1, -0.05) is 13.8 Å². The van der Waals surface area contributed by atoms with Gasteiger partial charge in [0.2, 0.25) is 11.8 Å². The van der Waals surface area contributed by atoms with Crippen LogP contribution in [0.1, 0.15) is 46.5 Å². The minimum Gasteiger partial charge on any atom is -0.396 e. The van der Waals surface area contributed by atoms with E-state index in [2.05, 4.69) is 0 Å². The van der Waals surface area contributed by atoms with Crippen LogP contribution in [0.2, 0.25) is 0 Å². The molecule has 1 rings (SSSR count). The molecule has 4 heteroatoms. The van der Waals surface area contributed by atoms with Crippen LogP contribution in [0.15, 0.2) is 0 Å². The summed E-state index contributed by atoms with van der Waals surface area (Å²) < 4.78 is 0. The molecule has 0 spiro atoms. The van der Waals surface area contributed by atoms with Gasteiger partial charge in [-0.3, -0.25) is 14.5 Å². The van der Waals surface area contributed by atoms with Crippen molar-refractivity contribution in [2.75, 3.05) is 6.61 Å². The van der Waals surface area contributed by atoms with E-state index in [-0.39, 0.29) is 24.5 Å². The Bertz CT molecular complexity index is 284. The van der Waals surface area contributed by atoms with Gasteiger partial charge in [-0.05, 0) is 26.2 Å². The van der Waals surface area contributed by atoms with Crippen LogP contribution in [0.25, 0.3) is 0 Å². The Labute approximate surface area is 96.6 Å². The van der Waals surface area contributed by atoms with Crippen LogP contribution in [-0.4, -0.2) is 34.5 Å². The summed E-state index contributed by atoms with van der Waals surface area (Å²) in [6, 6.07) is -0.190. The smallest absolute Gasteiger partial charge is 0.236 e. The molecule has 1 unspecified atom stereocenters. The number of hydrogen-bond acceptors (Lipinski definition) is 3. The first kappa shape index (κ1) is 13.2. The standard InChI is InChI=1S/C12H21NO3/c1-4-12(5-2)8-10(15)13(11(12)16)9(3)6-7-14/h9,14H,4-8H2,1-3H3. The van der Waals surface area contributed by atoms with Gasteiger partial charge >= 0.3 is 0 Å². The fraction of sp³-hybridized carbons (Fsp3) is 0.833. The summed E-state index contributed by atoms with van der Waals surface area (Å²) in [4.78, 5) is 25.4. The topological polar surface area (TPSA) is 57.6 Å². The highest BCUT2D eigenvalue weighted by molar-refractivity contribution is 6.06. The summed E-state index contributed by atoms with van der Waals surface area (Å²) >= 11 is 0. The molecule has 0 aromatic carbocycles. The van der Waals surface area contributed by atoms with Crippen molar-refractivity contribution >= 4 is 11.8 Å². The molecule has 1 atom stereocenters. The second-order valence-electron chi connectivity index (χ2n) is 4.59. The Morgan fingerprint density at radius 1 is 1.38 bits per heavy atom. The van der Waals surface area contributed by atoms with Gasteiger partial charge in [-0.25, -0.2) is 0 Å². The molecule has 0 saturated carbocycles. The lowest BCUT2D eigenvalue weighted by Crippen LogP contribution is -2.41. The van der Waals surface area contributed by atoms with E-state index < -0.39 is 5.41 Å². The van der Waals surface area contributed by atoms with Crippen molar-refractivity contribution in [2.24, 2.45) is 5.41 Å². The van der Waals surface area contributed by atoms with Gasteiger partial charge < -0.3 is 5.11 Å². The number of aliphatic hydroxyl groups is 1. The third-order valence-corrected chi connectivity index (χ3v) is 3.77. The molecular formula is C12H21NO3. The summed E-state index contributed by atoms with van der Waals surface area (Å²) in [5, 5.41) is 8.86. The lowest BCUT2D eigenvalue weighted by Gasteiger charge is -2.26. The Morgan fingerprint density at radius 2 is 1.94 bits per heavy atom. The largest absolute Gasteiger partial charge is 0.396 e. The number of carbonyl (C=O) groups is 2. The van der Waals surface area contributed by atoms with Gasteiger partial charge in [0.15, 0.2) is 0 Å². The molecule has 1 saturated heterocycles. The fourth-order valence-corrected chi connectivity index (χ4v) is 2.38. The number of imide groups is 1. The molecule has 1 aliphatic rings. The van der Waals surface area contributed by atoms with Crippen molar-refractivity contribution in [1.82, 2.24) is 4.90 Å². The van der Waals surface area contributed by atoms with Crippen LogP contribution in [-0.2, 0) is 9.59 Å². The van der Waals surface area contributed by atoms with Crippen LogP contribution in [0.5, 0.6) is 0 Å². The maximum absolute atomic E-state index is 12.2. The number of carbonyl (C=O) groups excluding carboxylic acids is 2. The Balaban J connectivity index is 2.90.